The summed E-state index contributed by atoms with van der Waals surface area (Å²) in [4.78, 5) is 13.1. The molecule has 0 bridgehead atoms. The number of likely N-dealkylation sites (N-methyl/N-ethyl adjacent to an activating group) is 1. The highest BCUT2D eigenvalue weighted by Gasteiger charge is 2.08. The Labute approximate surface area is 116 Å². The van der Waals surface area contributed by atoms with E-state index in [1.165, 1.54) is 6.07 Å². The molecule has 0 saturated carbocycles. The van der Waals surface area contributed by atoms with Crippen molar-refractivity contribution in [3.8, 4) is 5.75 Å². The van der Waals surface area contributed by atoms with E-state index in [2.05, 4.69) is 34.7 Å². The standard InChI is InChI=1S/C13H18BrNO3/c1-3-15(4-2)7-8-18-12-9-10(13(16)17)5-6-11(12)14/h5-6,9H,3-4,7-8H2,1-2H3,(H,16,17). The summed E-state index contributed by atoms with van der Waals surface area (Å²) in [5.41, 5.74) is 0.232. The van der Waals surface area contributed by atoms with Crippen molar-refractivity contribution in [2.24, 2.45) is 0 Å². The number of nitrogens with zero attached hydrogens (tertiary/aromatic N) is 1. The zero-order valence-electron chi connectivity index (χ0n) is 10.6. The maximum absolute atomic E-state index is 10.9. The second kappa shape index (κ2) is 7.38. The molecule has 0 heterocycles. The lowest BCUT2D eigenvalue weighted by atomic mass is 10.2. The molecule has 0 radical (unpaired) electrons. The molecule has 0 saturated heterocycles. The van der Waals surface area contributed by atoms with Crippen LogP contribution < -0.4 is 4.74 Å². The number of carboxylic acids is 1. The minimum Gasteiger partial charge on any atom is -0.491 e. The average Bonchev–Trinajstić information content (AvgIpc) is 2.36. The predicted octanol–water partition coefficient (Wildman–Crippen LogP) is 2.87. The Hall–Kier alpha value is -1.07. The molecule has 1 N–H and O–H groups in total. The van der Waals surface area contributed by atoms with Gasteiger partial charge in [0.15, 0.2) is 0 Å². The Kier molecular flexibility index (Phi) is 6.15. The number of benzene rings is 1. The first-order chi connectivity index (χ1) is 8.58. The normalized spacial score (nSPS) is 10.7. The van der Waals surface area contributed by atoms with E-state index in [1.807, 2.05) is 0 Å². The van der Waals surface area contributed by atoms with Gasteiger partial charge in [0, 0.05) is 6.54 Å². The first-order valence-electron chi connectivity index (χ1n) is 5.96. The highest BCUT2D eigenvalue weighted by molar-refractivity contribution is 9.10. The summed E-state index contributed by atoms with van der Waals surface area (Å²) in [6.45, 7) is 7.54. The summed E-state index contributed by atoms with van der Waals surface area (Å²) >= 11 is 3.35. The van der Waals surface area contributed by atoms with Crippen molar-refractivity contribution in [2.75, 3.05) is 26.2 Å². The number of ether oxygens (including phenoxy) is 1. The van der Waals surface area contributed by atoms with Crippen molar-refractivity contribution in [1.29, 1.82) is 0 Å². The molecule has 0 unspecified atom stereocenters. The maximum Gasteiger partial charge on any atom is 0.335 e. The van der Waals surface area contributed by atoms with Crippen molar-refractivity contribution in [2.45, 2.75) is 13.8 Å². The fourth-order valence-corrected chi connectivity index (χ4v) is 1.93. The fourth-order valence-electron chi connectivity index (χ4n) is 1.57. The van der Waals surface area contributed by atoms with Gasteiger partial charge in [-0.3, -0.25) is 0 Å². The second-order valence-corrected chi connectivity index (χ2v) is 4.68. The molecule has 0 aliphatic carbocycles. The summed E-state index contributed by atoms with van der Waals surface area (Å²) in [6, 6.07) is 4.77. The smallest absolute Gasteiger partial charge is 0.335 e. The molecule has 0 aromatic heterocycles. The molecule has 1 rings (SSSR count). The molecule has 4 nitrogen and oxygen atoms in total. The molecule has 18 heavy (non-hydrogen) atoms. The van der Waals surface area contributed by atoms with Crippen molar-refractivity contribution < 1.29 is 14.6 Å². The van der Waals surface area contributed by atoms with E-state index in [1.54, 1.807) is 12.1 Å². The van der Waals surface area contributed by atoms with Crippen LogP contribution >= 0.6 is 15.9 Å². The zero-order valence-corrected chi connectivity index (χ0v) is 12.2. The van der Waals surface area contributed by atoms with E-state index < -0.39 is 5.97 Å². The molecular weight excluding hydrogens is 298 g/mol. The van der Waals surface area contributed by atoms with Gasteiger partial charge in [-0.25, -0.2) is 4.79 Å². The average molecular weight is 316 g/mol. The van der Waals surface area contributed by atoms with Crippen LogP contribution in [0.5, 0.6) is 5.75 Å². The number of aromatic carboxylic acids is 1. The van der Waals surface area contributed by atoms with Crippen LogP contribution in [0.2, 0.25) is 0 Å². The van der Waals surface area contributed by atoms with Crippen LogP contribution in [0.3, 0.4) is 0 Å². The first kappa shape index (κ1) is 15.0. The Morgan fingerprint density at radius 2 is 2.06 bits per heavy atom. The molecule has 0 aliphatic heterocycles. The molecular formula is C13H18BrNO3. The van der Waals surface area contributed by atoms with Crippen LogP contribution in [-0.2, 0) is 0 Å². The third-order valence-electron chi connectivity index (χ3n) is 2.74. The molecule has 100 valence electrons. The van der Waals surface area contributed by atoms with Gasteiger partial charge in [0.25, 0.3) is 0 Å². The van der Waals surface area contributed by atoms with Crippen molar-refractivity contribution in [1.82, 2.24) is 4.90 Å². The van der Waals surface area contributed by atoms with Gasteiger partial charge in [0.1, 0.15) is 12.4 Å². The zero-order chi connectivity index (χ0) is 13.5. The van der Waals surface area contributed by atoms with Crippen LogP contribution in [0.25, 0.3) is 0 Å². The summed E-state index contributed by atoms with van der Waals surface area (Å²) in [6.07, 6.45) is 0. The van der Waals surface area contributed by atoms with E-state index in [0.717, 1.165) is 24.1 Å². The Morgan fingerprint density at radius 1 is 1.39 bits per heavy atom. The highest BCUT2D eigenvalue weighted by Crippen LogP contribution is 2.26. The lowest BCUT2D eigenvalue weighted by Crippen LogP contribution is -2.27. The molecule has 0 amide bonds. The van der Waals surface area contributed by atoms with Crippen LogP contribution in [0.4, 0.5) is 0 Å². The van der Waals surface area contributed by atoms with Gasteiger partial charge in [-0.15, -0.1) is 0 Å². The van der Waals surface area contributed by atoms with Crippen LogP contribution in [0.1, 0.15) is 24.2 Å². The summed E-state index contributed by atoms with van der Waals surface area (Å²) in [7, 11) is 0. The van der Waals surface area contributed by atoms with E-state index in [0.29, 0.717) is 12.4 Å². The van der Waals surface area contributed by atoms with E-state index in [-0.39, 0.29) is 5.56 Å². The quantitative estimate of drug-likeness (QED) is 0.840. The fraction of sp³-hybridized carbons (Fsp3) is 0.462. The largest absolute Gasteiger partial charge is 0.491 e. The van der Waals surface area contributed by atoms with Gasteiger partial charge in [-0.05, 0) is 47.2 Å². The van der Waals surface area contributed by atoms with Crippen LogP contribution in [0, 0.1) is 0 Å². The van der Waals surface area contributed by atoms with Gasteiger partial charge in [0.05, 0.1) is 10.0 Å². The van der Waals surface area contributed by atoms with Crippen molar-refractivity contribution >= 4 is 21.9 Å². The Bertz CT molecular complexity index is 405. The third kappa shape index (κ3) is 4.31. The summed E-state index contributed by atoms with van der Waals surface area (Å²) in [5.74, 6) is -0.377. The molecule has 0 spiro atoms. The number of hydrogen-bond acceptors (Lipinski definition) is 3. The van der Waals surface area contributed by atoms with Gasteiger partial charge in [0.2, 0.25) is 0 Å². The van der Waals surface area contributed by atoms with E-state index >= 15 is 0 Å². The summed E-state index contributed by atoms with van der Waals surface area (Å²) in [5, 5.41) is 8.91. The van der Waals surface area contributed by atoms with Gasteiger partial charge >= 0.3 is 5.97 Å². The van der Waals surface area contributed by atoms with Crippen LogP contribution in [0.15, 0.2) is 22.7 Å². The monoisotopic (exact) mass is 315 g/mol. The van der Waals surface area contributed by atoms with Crippen molar-refractivity contribution in [3.05, 3.63) is 28.2 Å². The lowest BCUT2D eigenvalue weighted by Gasteiger charge is -2.18. The first-order valence-corrected chi connectivity index (χ1v) is 6.75. The minimum atomic E-state index is -0.948. The molecule has 0 fully saturated rings. The maximum atomic E-state index is 10.9. The van der Waals surface area contributed by atoms with Gasteiger partial charge < -0.3 is 14.7 Å². The van der Waals surface area contributed by atoms with Gasteiger partial charge in [-0.1, -0.05) is 13.8 Å². The Morgan fingerprint density at radius 3 is 2.61 bits per heavy atom. The lowest BCUT2D eigenvalue weighted by molar-refractivity contribution is 0.0696. The predicted molar refractivity (Wildman–Crippen MR) is 74.4 cm³/mol. The second-order valence-electron chi connectivity index (χ2n) is 3.83. The summed E-state index contributed by atoms with van der Waals surface area (Å²) < 4.78 is 6.38. The Balaban J connectivity index is 2.61. The molecule has 1 aromatic rings. The third-order valence-corrected chi connectivity index (χ3v) is 3.39. The molecule has 5 heteroatoms. The SMILES string of the molecule is CCN(CC)CCOc1cc(C(=O)O)ccc1Br. The molecule has 1 aromatic carbocycles. The molecule has 0 atom stereocenters. The number of hydrogen-bond donors (Lipinski definition) is 1. The minimum absolute atomic E-state index is 0.232. The number of carbonyl (C=O) groups is 1. The van der Waals surface area contributed by atoms with Crippen LogP contribution in [-0.4, -0.2) is 42.2 Å². The number of rotatable bonds is 7. The molecule has 0 aliphatic rings. The highest BCUT2D eigenvalue weighted by atomic mass is 79.9. The topological polar surface area (TPSA) is 49.8 Å². The van der Waals surface area contributed by atoms with Crippen molar-refractivity contribution in [3.63, 3.8) is 0 Å². The van der Waals surface area contributed by atoms with E-state index in [9.17, 15) is 4.79 Å². The number of carboxylic acid groups (broad SMARTS) is 1. The number of halogens is 1. The van der Waals surface area contributed by atoms with Gasteiger partial charge in [-0.2, -0.15) is 0 Å². The van der Waals surface area contributed by atoms with E-state index in [4.69, 9.17) is 9.84 Å².